The molecular weight excluding hydrogens is 272 g/mol. The summed E-state index contributed by atoms with van der Waals surface area (Å²) < 4.78 is 17.6. The standard InChI is InChI=1S/C16H22O3S/c1-12(20(18)15-6-4-3-5-7-15)16(17)13-8-10-14(19-2)11-9-13/h8-12,15H,3-7H2,1-2H3. The molecular formula is C16H22O3S. The summed E-state index contributed by atoms with van der Waals surface area (Å²) in [7, 11) is 0.525. The lowest BCUT2D eigenvalue weighted by Gasteiger charge is -2.23. The fourth-order valence-corrected chi connectivity index (χ4v) is 4.40. The predicted octanol–water partition coefficient (Wildman–Crippen LogP) is 3.35. The molecule has 1 aromatic rings. The molecule has 0 aliphatic heterocycles. The smallest absolute Gasteiger partial charge is 0.178 e. The fourth-order valence-electron chi connectivity index (χ4n) is 2.68. The molecule has 20 heavy (non-hydrogen) atoms. The van der Waals surface area contributed by atoms with Crippen molar-refractivity contribution in [1.29, 1.82) is 0 Å². The Morgan fingerprint density at radius 1 is 1.20 bits per heavy atom. The van der Waals surface area contributed by atoms with Gasteiger partial charge in [-0.3, -0.25) is 9.00 Å². The van der Waals surface area contributed by atoms with Gasteiger partial charge in [0, 0.05) is 21.6 Å². The lowest BCUT2D eigenvalue weighted by Crippen LogP contribution is -2.31. The van der Waals surface area contributed by atoms with Crippen molar-refractivity contribution in [2.45, 2.75) is 49.5 Å². The summed E-state index contributed by atoms with van der Waals surface area (Å²) in [6, 6.07) is 7.03. The summed E-state index contributed by atoms with van der Waals surface area (Å²) in [6.45, 7) is 1.79. The number of ether oxygens (including phenoxy) is 1. The highest BCUT2D eigenvalue weighted by atomic mass is 32.2. The first-order chi connectivity index (χ1) is 9.63. The van der Waals surface area contributed by atoms with Crippen molar-refractivity contribution < 1.29 is 13.7 Å². The average Bonchev–Trinajstić information content (AvgIpc) is 2.53. The van der Waals surface area contributed by atoms with E-state index < -0.39 is 16.0 Å². The van der Waals surface area contributed by atoms with E-state index >= 15 is 0 Å². The molecule has 0 N–H and O–H groups in total. The maximum absolute atomic E-state index is 12.5. The van der Waals surface area contributed by atoms with Gasteiger partial charge in [-0.2, -0.15) is 0 Å². The Morgan fingerprint density at radius 3 is 2.35 bits per heavy atom. The van der Waals surface area contributed by atoms with Gasteiger partial charge < -0.3 is 4.74 Å². The van der Waals surface area contributed by atoms with Crippen molar-refractivity contribution >= 4 is 16.6 Å². The highest BCUT2D eigenvalue weighted by molar-refractivity contribution is 7.87. The number of methoxy groups -OCH3 is 1. The minimum atomic E-state index is -1.07. The Hall–Kier alpha value is -1.16. The van der Waals surface area contributed by atoms with Crippen LogP contribution >= 0.6 is 0 Å². The van der Waals surface area contributed by atoms with E-state index in [0.29, 0.717) is 5.56 Å². The number of hydrogen-bond acceptors (Lipinski definition) is 3. The van der Waals surface area contributed by atoms with Crippen LogP contribution < -0.4 is 4.74 Å². The van der Waals surface area contributed by atoms with Crippen molar-refractivity contribution in [3.05, 3.63) is 29.8 Å². The summed E-state index contributed by atoms with van der Waals surface area (Å²) in [4.78, 5) is 12.4. The first kappa shape index (κ1) is 15.2. The van der Waals surface area contributed by atoms with E-state index in [9.17, 15) is 9.00 Å². The lowest BCUT2D eigenvalue weighted by atomic mass is 10.0. The zero-order valence-corrected chi connectivity index (χ0v) is 12.9. The molecule has 4 heteroatoms. The highest BCUT2D eigenvalue weighted by Crippen LogP contribution is 2.25. The molecule has 0 amide bonds. The number of benzene rings is 1. The largest absolute Gasteiger partial charge is 0.497 e. The van der Waals surface area contributed by atoms with E-state index in [4.69, 9.17) is 4.74 Å². The van der Waals surface area contributed by atoms with Gasteiger partial charge in [0.25, 0.3) is 0 Å². The number of carbonyl (C=O) groups is 1. The molecule has 0 bridgehead atoms. The van der Waals surface area contributed by atoms with E-state index in [-0.39, 0.29) is 11.0 Å². The minimum absolute atomic E-state index is 0.0310. The minimum Gasteiger partial charge on any atom is -0.497 e. The summed E-state index contributed by atoms with van der Waals surface area (Å²) in [6.07, 6.45) is 5.49. The Labute approximate surface area is 123 Å². The first-order valence-electron chi connectivity index (χ1n) is 7.21. The molecule has 1 aliphatic rings. The molecule has 0 heterocycles. The number of ketones is 1. The first-order valence-corrected chi connectivity index (χ1v) is 8.48. The van der Waals surface area contributed by atoms with Gasteiger partial charge in [0.05, 0.1) is 12.4 Å². The molecule has 0 spiro atoms. The summed E-state index contributed by atoms with van der Waals surface area (Å²) >= 11 is 0. The van der Waals surface area contributed by atoms with Gasteiger partial charge in [-0.15, -0.1) is 0 Å². The Kier molecular flexibility index (Phi) is 5.35. The molecule has 0 aromatic heterocycles. The van der Waals surface area contributed by atoms with Crippen molar-refractivity contribution in [2.75, 3.05) is 7.11 Å². The van der Waals surface area contributed by atoms with Crippen LogP contribution in [0.25, 0.3) is 0 Å². The summed E-state index contributed by atoms with van der Waals surface area (Å²) in [5, 5.41) is -0.229. The Morgan fingerprint density at radius 2 is 1.80 bits per heavy atom. The number of Topliss-reactive ketones (excluding diaryl/α,β-unsaturated/α-hetero) is 1. The van der Waals surface area contributed by atoms with E-state index in [2.05, 4.69) is 0 Å². The van der Waals surface area contributed by atoms with Gasteiger partial charge in [-0.05, 0) is 44.0 Å². The van der Waals surface area contributed by atoms with Crippen LogP contribution in [0.2, 0.25) is 0 Å². The molecule has 2 rings (SSSR count). The normalized spacial score (nSPS) is 19.3. The van der Waals surface area contributed by atoms with Crippen LogP contribution in [-0.2, 0) is 10.8 Å². The molecule has 3 nitrogen and oxygen atoms in total. The lowest BCUT2D eigenvalue weighted by molar-refractivity contribution is 0.0992. The predicted molar refractivity (Wildman–Crippen MR) is 81.8 cm³/mol. The zero-order chi connectivity index (χ0) is 14.5. The van der Waals surface area contributed by atoms with Crippen LogP contribution in [0, 0.1) is 0 Å². The van der Waals surface area contributed by atoms with E-state index in [0.717, 1.165) is 31.4 Å². The van der Waals surface area contributed by atoms with Crippen LogP contribution in [0.5, 0.6) is 5.75 Å². The molecule has 1 aromatic carbocycles. The Balaban J connectivity index is 2.04. The van der Waals surface area contributed by atoms with Gasteiger partial charge >= 0.3 is 0 Å². The molecule has 2 atom stereocenters. The van der Waals surface area contributed by atoms with Crippen molar-refractivity contribution in [3.63, 3.8) is 0 Å². The maximum Gasteiger partial charge on any atom is 0.178 e. The van der Waals surface area contributed by atoms with Gasteiger partial charge in [-0.1, -0.05) is 19.3 Å². The molecule has 2 unspecified atom stereocenters. The van der Waals surface area contributed by atoms with Gasteiger partial charge in [0.2, 0.25) is 0 Å². The molecule has 1 aliphatic carbocycles. The number of carbonyl (C=O) groups excluding carboxylic acids is 1. The molecule has 1 saturated carbocycles. The third-order valence-corrected chi connectivity index (χ3v) is 6.01. The molecule has 0 radical (unpaired) electrons. The third kappa shape index (κ3) is 3.48. The fraction of sp³-hybridized carbons (Fsp3) is 0.562. The van der Waals surface area contributed by atoms with Crippen molar-refractivity contribution in [2.24, 2.45) is 0 Å². The van der Waals surface area contributed by atoms with E-state index in [1.54, 1.807) is 38.3 Å². The summed E-state index contributed by atoms with van der Waals surface area (Å²) in [5.74, 6) is 0.694. The second-order valence-corrected chi connectivity index (χ2v) is 7.35. The van der Waals surface area contributed by atoms with E-state index in [1.165, 1.54) is 6.42 Å². The third-order valence-electron chi connectivity index (χ3n) is 3.97. The Bertz CT molecular complexity index is 475. The van der Waals surface area contributed by atoms with E-state index in [1.807, 2.05) is 0 Å². The summed E-state index contributed by atoms with van der Waals surface area (Å²) in [5.41, 5.74) is 0.613. The monoisotopic (exact) mass is 294 g/mol. The average molecular weight is 294 g/mol. The topological polar surface area (TPSA) is 43.4 Å². The van der Waals surface area contributed by atoms with Gasteiger partial charge in [0.15, 0.2) is 5.78 Å². The molecule has 110 valence electrons. The van der Waals surface area contributed by atoms with Crippen LogP contribution in [0.3, 0.4) is 0 Å². The molecule has 1 fully saturated rings. The molecule has 0 saturated heterocycles. The van der Waals surface area contributed by atoms with Gasteiger partial charge in [0.1, 0.15) is 5.75 Å². The highest BCUT2D eigenvalue weighted by Gasteiger charge is 2.28. The second-order valence-electron chi connectivity index (χ2n) is 5.32. The number of rotatable bonds is 5. The van der Waals surface area contributed by atoms with Gasteiger partial charge in [-0.25, -0.2) is 0 Å². The SMILES string of the molecule is COc1ccc(C(=O)C(C)S(=O)C2CCCCC2)cc1. The van der Waals surface area contributed by atoms with Crippen LogP contribution in [0.1, 0.15) is 49.4 Å². The quantitative estimate of drug-likeness (QED) is 0.782. The second kappa shape index (κ2) is 7.02. The zero-order valence-electron chi connectivity index (χ0n) is 12.1. The number of hydrogen-bond donors (Lipinski definition) is 0. The van der Waals surface area contributed by atoms with Crippen molar-refractivity contribution in [1.82, 2.24) is 0 Å². The van der Waals surface area contributed by atoms with Crippen molar-refractivity contribution in [3.8, 4) is 5.75 Å². The van der Waals surface area contributed by atoms with Crippen LogP contribution in [0.15, 0.2) is 24.3 Å². The maximum atomic E-state index is 12.5. The van der Waals surface area contributed by atoms with Crippen LogP contribution in [-0.4, -0.2) is 27.6 Å². The van der Waals surface area contributed by atoms with Crippen LogP contribution in [0.4, 0.5) is 0 Å².